The topological polar surface area (TPSA) is 99.9 Å². The van der Waals surface area contributed by atoms with Crippen LogP contribution in [-0.4, -0.2) is 36.1 Å². The van der Waals surface area contributed by atoms with Gasteiger partial charge in [0.15, 0.2) is 0 Å². The second kappa shape index (κ2) is 8.60. The molecule has 0 spiro atoms. The summed E-state index contributed by atoms with van der Waals surface area (Å²) in [5.41, 5.74) is 1.66. The summed E-state index contributed by atoms with van der Waals surface area (Å²) in [6.07, 6.45) is 0.739. The predicted octanol–water partition coefficient (Wildman–Crippen LogP) is 2.17. The standard InChI is InChI=1S/C17H19N5O2/c1-12-20-15(17(23)19-8-3-9-24-2)10-16(21-12)22-14-6-4-13(11-18)5-7-14/h4-7,10H,3,8-9H2,1-2H3,(H,19,23)(H,20,21,22). The van der Waals surface area contributed by atoms with Crippen molar-refractivity contribution in [1.29, 1.82) is 5.26 Å². The fourth-order valence-corrected chi connectivity index (χ4v) is 2.03. The number of rotatable bonds is 7. The summed E-state index contributed by atoms with van der Waals surface area (Å²) in [7, 11) is 1.62. The van der Waals surface area contributed by atoms with Gasteiger partial charge in [0.2, 0.25) is 0 Å². The van der Waals surface area contributed by atoms with Crippen LogP contribution in [0.25, 0.3) is 0 Å². The van der Waals surface area contributed by atoms with E-state index in [2.05, 4.69) is 26.7 Å². The molecule has 0 saturated carbocycles. The molecule has 2 aromatic rings. The molecule has 1 heterocycles. The highest BCUT2D eigenvalue weighted by molar-refractivity contribution is 5.93. The minimum Gasteiger partial charge on any atom is -0.385 e. The Bertz CT molecular complexity index is 738. The number of benzene rings is 1. The van der Waals surface area contributed by atoms with Crippen molar-refractivity contribution in [3.05, 3.63) is 47.4 Å². The summed E-state index contributed by atoms with van der Waals surface area (Å²) in [6, 6.07) is 10.6. The van der Waals surface area contributed by atoms with Crippen LogP contribution >= 0.6 is 0 Å². The number of nitrogens with one attached hydrogen (secondary N) is 2. The van der Waals surface area contributed by atoms with Crippen LogP contribution in [0.4, 0.5) is 11.5 Å². The smallest absolute Gasteiger partial charge is 0.270 e. The summed E-state index contributed by atoms with van der Waals surface area (Å²) in [6.45, 7) is 2.84. The molecule has 0 saturated heterocycles. The first-order valence-corrected chi connectivity index (χ1v) is 7.52. The van der Waals surface area contributed by atoms with Gasteiger partial charge in [-0.15, -0.1) is 0 Å². The SMILES string of the molecule is COCCCNC(=O)c1cc(Nc2ccc(C#N)cc2)nc(C)n1. The van der Waals surface area contributed by atoms with Crippen LogP contribution in [0.15, 0.2) is 30.3 Å². The number of nitriles is 1. The maximum Gasteiger partial charge on any atom is 0.270 e. The Balaban J connectivity index is 2.07. The molecule has 2 N–H and O–H groups in total. The van der Waals surface area contributed by atoms with Crippen molar-refractivity contribution in [1.82, 2.24) is 15.3 Å². The Morgan fingerprint density at radius 1 is 1.29 bits per heavy atom. The van der Waals surface area contributed by atoms with E-state index >= 15 is 0 Å². The van der Waals surface area contributed by atoms with Gasteiger partial charge in [-0.3, -0.25) is 4.79 Å². The summed E-state index contributed by atoms with van der Waals surface area (Å²) >= 11 is 0. The van der Waals surface area contributed by atoms with E-state index in [-0.39, 0.29) is 5.91 Å². The Morgan fingerprint density at radius 2 is 2.04 bits per heavy atom. The average molecular weight is 325 g/mol. The van der Waals surface area contributed by atoms with E-state index in [0.29, 0.717) is 36.1 Å². The van der Waals surface area contributed by atoms with E-state index in [1.165, 1.54) is 0 Å². The highest BCUT2D eigenvalue weighted by Crippen LogP contribution is 2.16. The van der Waals surface area contributed by atoms with Crippen molar-refractivity contribution in [3.8, 4) is 6.07 Å². The van der Waals surface area contributed by atoms with Gasteiger partial charge in [-0.1, -0.05) is 0 Å². The number of anilines is 2. The van der Waals surface area contributed by atoms with Gasteiger partial charge in [-0.05, 0) is 37.6 Å². The lowest BCUT2D eigenvalue weighted by molar-refractivity contribution is 0.0943. The number of carbonyl (C=O) groups is 1. The van der Waals surface area contributed by atoms with Gasteiger partial charge >= 0.3 is 0 Å². The molecule has 0 aliphatic carbocycles. The van der Waals surface area contributed by atoms with Gasteiger partial charge in [0.25, 0.3) is 5.91 Å². The lowest BCUT2D eigenvalue weighted by Crippen LogP contribution is -2.26. The highest BCUT2D eigenvalue weighted by Gasteiger charge is 2.10. The Kier molecular flexibility index (Phi) is 6.23. The summed E-state index contributed by atoms with van der Waals surface area (Å²) < 4.78 is 4.94. The van der Waals surface area contributed by atoms with Crippen molar-refractivity contribution in [2.24, 2.45) is 0 Å². The van der Waals surface area contributed by atoms with Gasteiger partial charge in [0.1, 0.15) is 17.3 Å². The maximum atomic E-state index is 12.1. The van der Waals surface area contributed by atoms with Crippen molar-refractivity contribution >= 4 is 17.4 Å². The van der Waals surface area contributed by atoms with E-state index in [1.54, 1.807) is 44.4 Å². The van der Waals surface area contributed by atoms with Crippen LogP contribution in [0, 0.1) is 18.3 Å². The van der Waals surface area contributed by atoms with Gasteiger partial charge in [-0.2, -0.15) is 5.26 Å². The van der Waals surface area contributed by atoms with Gasteiger partial charge in [0, 0.05) is 32.0 Å². The van der Waals surface area contributed by atoms with E-state index in [4.69, 9.17) is 10.00 Å². The van der Waals surface area contributed by atoms with Crippen molar-refractivity contribution in [2.45, 2.75) is 13.3 Å². The van der Waals surface area contributed by atoms with E-state index < -0.39 is 0 Å². The first-order chi connectivity index (χ1) is 11.6. The number of aromatic nitrogens is 2. The molecule has 1 amide bonds. The lowest BCUT2D eigenvalue weighted by atomic mass is 10.2. The first kappa shape index (κ1) is 17.4. The second-order valence-corrected chi connectivity index (χ2v) is 5.10. The number of carbonyl (C=O) groups excluding carboxylic acids is 1. The average Bonchev–Trinajstić information content (AvgIpc) is 2.58. The fraction of sp³-hybridized carbons (Fsp3) is 0.294. The third kappa shape index (κ3) is 5.04. The molecule has 0 aliphatic heterocycles. The van der Waals surface area contributed by atoms with Crippen molar-refractivity contribution < 1.29 is 9.53 Å². The zero-order chi connectivity index (χ0) is 17.4. The summed E-state index contributed by atoms with van der Waals surface area (Å²) in [4.78, 5) is 20.6. The number of aryl methyl sites for hydroxylation is 1. The fourth-order valence-electron chi connectivity index (χ4n) is 2.03. The van der Waals surface area contributed by atoms with E-state index in [0.717, 1.165) is 12.1 Å². The Hall–Kier alpha value is -2.98. The molecule has 0 aliphatic rings. The number of nitrogens with zero attached hydrogens (tertiary/aromatic N) is 3. The minimum atomic E-state index is -0.250. The molecule has 0 atom stereocenters. The Morgan fingerprint density at radius 3 is 2.71 bits per heavy atom. The third-order valence-corrected chi connectivity index (χ3v) is 3.17. The van der Waals surface area contributed by atoms with Crippen LogP contribution in [0.5, 0.6) is 0 Å². The predicted molar refractivity (Wildman–Crippen MR) is 90.0 cm³/mol. The number of methoxy groups -OCH3 is 1. The molecule has 0 fully saturated rings. The molecule has 0 unspecified atom stereocenters. The van der Waals surface area contributed by atoms with Crippen molar-refractivity contribution in [3.63, 3.8) is 0 Å². The molecule has 1 aromatic heterocycles. The molecule has 7 nitrogen and oxygen atoms in total. The molecule has 1 aromatic carbocycles. The Labute approximate surface area is 140 Å². The quantitative estimate of drug-likeness (QED) is 0.757. The summed E-state index contributed by atoms with van der Waals surface area (Å²) in [5, 5.41) is 14.7. The molecular formula is C17H19N5O2. The normalized spacial score (nSPS) is 10.0. The van der Waals surface area contributed by atoms with Gasteiger partial charge < -0.3 is 15.4 Å². The van der Waals surface area contributed by atoms with Gasteiger partial charge in [-0.25, -0.2) is 9.97 Å². The second-order valence-electron chi connectivity index (χ2n) is 5.10. The van der Waals surface area contributed by atoms with E-state index in [9.17, 15) is 4.79 Å². The molecule has 2 rings (SSSR count). The molecule has 0 bridgehead atoms. The molecule has 7 heteroatoms. The number of hydrogen-bond acceptors (Lipinski definition) is 6. The van der Waals surface area contributed by atoms with Crippen LogP contribution in [0.3, 0.4) is 0 Å². The molecule has 24 heavy (non-hydrogen) atoms. The first-order valence-electron chi connectivity index (χ1n) is 7.52. The molecule has 0 radical (unpaired) electrons. The third-order valence-electron chi connectivity index (χ3n) is 3.17. The highest BCUT2D eigenvalue weighted by atomic mass is 16.5. The monoisotopic (exact) mass is 325 g/mol. The number of ether oxygens (including phenoxy) is 1. The number of hydrogen-bond donors (Lipinski definition) is 2. The minimum absolute atomic E-state index is 0.250. The van der Waals surface area contributed by atoms with Crippen LogP contribution in [0.1, 0.15) is 28.3 Å². The van der Waals surface area contributed by atoms with Gasteiger partial charge in [0.05, 0.1) is 11.6 Å². The van der Waals surface area contributed by atoms with Crippen molar-refractivity contribution in [2.75, 3.05) is 25.6 Å². The number of amides is 1. The maximum absolute atomic E-state index is 12.1. The van der Waals surface area contributed by atoms with Crippen LogP contribution in [0.2, 0.25) is 0 Å². The summed E-state index contributed by atoms with van der Waals surface area (Å²) in [5.74, 6) is 0.768. The van der Waals surface area contributed by atoms with E-state index in [1.807, 2.05) is 0 Å². The zero-order valence-corrected chi connectivity index (χ0v) is 13.7. The van der Waals surface area contributed by atoms with Crippen LogP contribution < -0.4 is 10.6 Å². The molecular weight excluding hydrogens is 306 g/mol. The molecule has 124 valence electrons. The van der Waals surface area contributed by atoms with Crippen LogP contribution in [-0.2, 0) is 4.74 Å². The largest absolute Gasteiger partial charge is 0.385 e. The zero-order valence-electron chi connectivity index (χ0n) is 13.7. The lowest BCUT2D eigenvalue weighted by Gasteiger charge is -2.09.